The van der Waals surface area contributed by atoms with Crippen molar-refractivity contribution in [3.63, 3.8) is 0 Å². The van der Waals surface area contributed by atoms with Crippen LogP contribution in [0, 0.1) is 0 Å². The van der Waals surface area contributed by atoms with Crippen LogP contribution in [0.4, 0.5) is 19.0 Å². The first-order chi connectivity index (χ1) is 12.7. The summed E-state index contributed by atoms with van der Waals surface area (Å²) in [4.78, 5) is 7.80. The van der Waals surface area contributed by atoms with Gasteiger partial charge in [0.1, 0.15) is 11.6 Å². The van der Waals surface area contributed by atoms with E-state index >= 15 is 0 Å². The first kappa shape index (κ1) is 19.0. The molecule has 0 amide bonds. The van der Waals surface area contributed by atoms with Crippen molar-refractivity contribution in [2.75, 3.05) is 5.73 Å². The van der Waals surface area contributed by atoms with E-state index in [2.05, 4.69) is 15.1 Å². The van der Waals surface area contributed by atoms with E-state index in [4.69, 9.17) is 22.1 Å². The highest BCUT2D eigenvalue weighted by Crippen LogP contribution is 2.42. The highest BCUT2D eigenvalue weighted by molar-refractivity contribution is 6.32. The monoisotopic (exact) mass is 397 g/mol. The molecule has 0 unspecified atom stereocenters. The molecule has 0 saturated carbocycles. The number of aromatic nitrogens is 4. The van der Waals surface area contributed by atoms with Crippen molar-refractivity contribution in [2.24, 2.45) is 0 Å². The van der Waals surface area contributed by atoms with Crippen LogP contribution in [0.3, 0.4) is 0 Å². The number of halogens is 4. The second-order valence-corrected chi connectivity index (χ2v) is 6.29. The van der Waals surface area contributed by atoms with Crippen molar-refractivity contribution in [2.45, 2.75) is 26.1 Å². The van der Waals surface area contributed by atoms with Crippen LogP contribution in [0.15, 0.2) is 36.7 Å². The molecular weight excluding hydrogens is 383 g/mol. The zero-order valence-corrected chi connectivity index (χ0v) is 15.1. The molecule has 27 heavy (non-hydrogen) atoms. The number of ether oxygens (including phenoxy) is 1. The van der Waals surface area contributed by atoms with E-state index in [9.17, 15) is 13.2 Å². The summed E-state index contributed by atoms with van der Waals surface area (Å²) in [6.07, 6.45) is -2.11. The summed E-state index contributed by atoms with van der Waals surface area (Å²) in [5, 5.41) is 3.76. The highest BCUT2D eigenvalue weighted by Gasteiger charge is 2.40. The lowest BCUT2D eigenvalue weighted by Gasteiger charge is -2.13. The van der Waals surface area contributed by atoms with Crippen LogP contribution >= 0.6 is 11.6 Å². The topological polar surface area (TPSA) is 78.8 Å². The summed E-state index contributed by atoms with van der Waals surface area (Å²) < 4.78 is 47.1. The lowest BCUT2D eigenvalue weighted by Crippen LogP contribution is -2.09. The molecule has 0 bridgehead atoms. The Kier molecular flexibility index (Phi) is 4.97. The number of benzene rings is 1. The second-order valence-electron chi connectivity index (χ2n) is 5.88. The average Bonchev–Trinajstić information content (AvgIpc) is 2.95. The molecule has 2 heterocycles. The van der Waals surface area contributed by atoms with Gasteiger partial charge in [0.2, 0.25) is 0 Å². The van der Waals surface area contributed by atoms with Gasteiger partial charge in [-0.15, -0.1) is 0 Å². The minimum atomic E-state index is -4.73. The van der Waals surface area contributed by atoms with Crippen LogP contribution in [0.1, 0.15) is 19.5 Å². The summed E-state index contributed by atoms with van der Waals surface area (Å²) in [6.45, 7) is 3.63. The van der Waals surface area contributed by atoms with Gasteiger partial charge >= 0.3 is 6.18 Å². The number of hydrogen-bond donors (Lipinski definition) is 1. The number of hydrogen-bond acceptors (Lipinski definition) is 5. The van der Waals surface area contributed by atoms with Gasteiger partial charge in [0.05, 0.1) is 16.7 Å². The van der Waals surface area contributed by atoms with Crippen LogP contribution in [0.5, 0.6) is 5.75 Å². The predicted molar refractivity (Wildman–Crippen MR) is 94.8 cm³/mol. The van der Waals surface area contributed by atoms with E-state index in [1.807, 2.05) is 13.8 Å². The predicted octanol–water partition coefficient (Wildman–Crippen LogP) is 4.37. The molecule has 0 aliphatic heterocycles. The van der Waals surface area contributed by atoms with Crippen LogP contribution in [0.2, 0.25) is 5.02 Å². The van der Waals surface area contributed by atoms with E-state index in [-0.39, 0.29) is 34.0 Å². The molecular formula is C17H15ClF3N5O. The maximum atomic E-state index is 13.6. The maximum absolute atomic E-state index is 13.6. The number of anilines is 1. The molecule has 10 heteroatoms. The Morgan fingerprint density at radius 1 is 1.19 bits per heavy atom. The minimum absolute atomic E-state index is 0.0717. The highest BCUT2D eigenvalue weighted by atomic mass is 35.5. The van der Waals surface area contributed by atoms with Gasteiger partial charge in [-0.2, -0.15) is 23.0 Å². The Morgan fingerprint density at radius 3 is 2.41 bits per heavy atom. The molecule has 142 valence electrons. The zero-order valence-electron chi connectivity index (χ0n) is 14.3. The SMILES string of the molecule is CC(C)Oc1ccc(-c2c(C(F)(F)F)nn(-c3ncccn3)c2N)cc1Cl. The fraction of sp³-hybridized carbons (Fsp3) is 0.235. The number of nitrogen functional groups attached to an aromatic ring is 1. The van der Waals surface area contributed by atoms with Gasteiger partial charge in [-0.3, -0.25) is 0 Å². The van der Waals surface area contributed by atoms with Crippen molar-refractivity contribution in [1.82, 2.24) is 19.7 Å². The molecule has 2 N–H and O–H groups in total. The molecule has 0 atom stereocenters. The molecule has 3 rings (SSSR count). The molecule has 6 nitrogen and oxygen atoms in total. The van der Waals surface area contributed by atoms with E-state index in [1.165, 1.54) is 36.7 Å². The molecule has 3 aromatic rings. The average molecular weight is 398 g/mol. The van der Waals surface area contributed by atoms with Crippen molar-refractivity contribution < 1.29 is 17.9 Å². The molecule has 0 saturated heterocycles. The van der Waals surface area contributed by atoms with Crippen molar-refractivity contribution in [3.8, 4) is 22.8 Å². The van der Waals surface area contributed by atoms with Crippen molar-refractivity contribution in [1.29, 1.82) is 0 Å². The Bertz CT molecular complexity index is 957. The smallest absolute Gasteiger partial charge is 0.435 e. The number of alkyl halides is 3. The molecule has 2 aromatic heterocycles. The van der Waals surface area contributed by atoms with Crippen LogP contribution < -0.4 is 10.5 Å². The van der Waals surface area contributed by atoms with Crippen LogP contribution in [-0.4, -0.2) is 25.9 Å². The summed E-state index contributed by atoms with van der Waals surface area (Å²) in [7, 11) is 0. The Morgan fingerprint density at radius 2 is 1.85 bits per heavy atom. The first-order valence-corrected chi connectivity index (χ1v) is 8.26. The summed E-state index contributed by atoms with van der Waals surface area (Å²) in [5.41, 5.74) is 4.69. The van der Waals surface area contributed by atoms with E-state index in [0.717, 1.165) is 4.68 Å². The van der Waals surface area contributed by atoms with E-state index < -0.39 is 11.9 Å². The fourth-order valence-electron chi connectivity index (χ4n) is 2.47. The summed E-state index contributed by atoms with van der Waals surface area (Å²) in [5.74, 6) is 0.0426. The van der Waals surface area contributed by atoms with Crippen molar-refractivity contribution in [3.05, 3.63) is 47.4 Å². The van der Waals surface area contributed by atoms with Gasteiger partial charge in [0.25, 0.3) is 5.95 Å². The van der Waals surface area contributed by atoms with Gasteiger partial charge < -0.3 is 10.5 Å². The third-order valence-electron chi connectivity index (χ3n) is 3.51. The van der Waals surface area contributed by atoms with Crippen LogP contribution in [-0.2, 0) is 6.18 Å². The van der Waals surface area contributed by atoms with Gasteiger partial charge in [-0.05, 0) is 37.6 Å². The Labute approximate surface area is 157 Å². The van der Waals surface area contributed by atoms with Gasteiger partial charge in [0.15, 0.2) is 5.69 Å². The molecule has 0 spiro atoms. The zero-order chi connectivity index (χ0) is 19.8. The number of nitrogens with two attached hydrogens (primary N) is 1. The molecule has 0 aliphatic carbocycles. The first-order valence-electron chi connectivity index (χ1n) is 7.88. The molecule has 1 aromatic carbocycles. The van der Waals surface area contributed by atoms with Gasteiger partial charge in [0, 0.05) is 12.4 Å². The molecule has 0 radical (unpaired) electrons. The third-order valence-corrected chi connectivity index (χ3v) is 3.81. The quantitative estimate of drug-likeness (QED) is 0.707. The number of rotatable bonds is 4. The van der Waals surface area contributed by atoms with E-state index in [1.54, 1.807) is 0 Å². The largest absolute Gasteiger partial charge is 0.489 e. The lowest BCUT2D eigenvalue weighted by atomic mass is 10.0. The summed E-state index contributed by atoms with van der Waals surface area (Å²) in [6, 6.07) is 5.83. The maximum Gasteiger partial charge on any atom is 0.435 e. The van der Waals surface area contributed by atoms with Gasteiger partial charge in [-0.1, -0.05) is 17.7 Å². The molecule has 0 aliphatic rings. The second kappa shape index (κ2) is 7.07. The van der Waals surface area contributed by atoms with Crippen LogP contribution in [0.25, 0.3) is 17.1 Å². The Hall–Kier alpha value is -2.81. The van der Waals surface area contributed by atoms with E-state index in [0.29, 0.717) is 5.75 Å². The molecule has 0 fully saturated rings. The summed E-state index contributed by atoms with van der Waals surface area (Å²) >= 11 is 6.17. The lowest BCUT2D eigenvalue weighted by molar-refractivity contribution is -0.140. The normalized spacial score (nSPS) is 11.8. The fourth-order valence-corrected chi connectivity index (χ4v) is 2.70. The van der Waals surface area contributed by atoms with Gasteiger partial charge in [-0.25, -0.2) is 9.97 Å². The standard InChI is InChI=1S/C17H15ClF3N5O/c1-9(2)27-12-5-4-10(8-11(12)18)13-14(17(19,20)21)25-26(15(13)22)16-23-6-3-7-24-16/h3-9H,22H2,1-2H3. The number of nitrogens with zero attached hydrogens (tertiary/aromatic N) is 4. The Balaban J connectivity index is 2.17. The third kappa shape index (κ3) is 3.82. The minimum Gasteiger partial charge on any atom is -0.489 e. The van der Waals surface area contributed by atoms with Crippen molar-refractivity contribution >= 4 is 17.4 Å².